The van der Waals surface area contributed by atoms with E-state index in [0.717, 1.165) is 18.4 Å². The van der Waals surface area contributed by atoms with Crippen LogP contribution in [0.25, 0.3) is 0 Å². The minimum Gasteiger partial charge on any atom is -0.420 e. The standard InChI is InChI=1S/C16H13Cl3O2/c1-2-3-10-8-13(18)15(14(19)9-10)21-16(20)11-4-6-12(17)7-5-11/h4-9H,2-3H2,1H3. The second-order valence-corrected chi connectivity index (χ2v) is 5.79. The molecule has 2 aromatic rings. The summed E-state index contributed by atoms with van der Waals surface area (Å²) in [6.45, 7) is 2.07. The van der Waals surface area contributed by atoms with Gasteiger partial charge in [0, 0.05) is 5.02 Å². The molecular formula is C16H13Cl3O2. The fourth-order valence-corrected chi connectivity index (χ4v) is 2.62. The van der Waals surface area contributed by atoms with Gasteiger partial charge in [0.1, 0.15) is 0 Å². The van der Waals surface area contributed by atoms with E-state index in [4.69, 9.17) is 39.5 Å². The maximum atomic E-state index is 12.1. The van der Waals surface area contributed by atoms with Gasteiger partial charge in [0.15, 0.2) is 5.75 Å². The Bertz CT molecular complexity index is 628. The molecule has 0 aliphatic rings. The molecule has 2 aromatic carbocycles. The molecule has 0 atom stereocenters. The average Bonchev–Trinajstić information content (AvgIpc) is 2.44. The zero-order chi connectivity index (χ0) is 15.4. The maximum Gasteiger partial charge on any atom is 0.343 e. The molecule has 0 amide bonds. The van der Waals surface area contributed by atoms with Crippen LogP contribution in [0.3, 0.4) is 0 Å². The van der Waals surface area contributed by atoms with Gasteiger partial charge in [-0.25, -0.2) is 4.79 Å². The van der Waals surface area contributed by atoms with Crippen LogP contribution in [0, 0.1) is 0 Å². The highest BCUT2D eigenvalue weighted by atomic mass is 35.5. The smallest absolute Gasteiger partial charge is 0.343 e. The van der Waals surface area contributed by atoms with Gasteiger partial charge in [-0.3, -0.25) is 0 Å². The Morgan fingerprint density at radius 1 is 1.05 bits per heavy atom. The minimum absolute atomic E-state index is 0.179. The van der Waals surface area contributed by atoms with Crippen molar-refractivity contribution in [3.63, 3.8) is 0 Å². The Labute approximate surface area is 138 Å². The Kier molecular flexibility index (Phi) is 5.51. The van der Waals surface area contributed by atoms with Gasteiger partial charge in [0.2, 0.25) is 0 Å². The third kappa shape index (κ3) is 4.13. The number of carbonyl (C=O) groups is 1. The van der Waals surface area contributed by atoms with E-state index in [-0.39, 0.29) is 5.75 Å². The molecule has 0 N–H and O–H groups in total. The summed E-state index contributed by atoms with van der Waals surface area (Å²) in [6.07, 6.45) is 1.85. The van der Waals surface area contributed by atoms with E-state index in [0.29, 0.717) is 20.6 Å². The molecule has 110 valence electrons. The van der Waals surface area contributed by atoms with Gasteiger partial charge >= 0.3 is 5.97 Å². The Morgan fingerprint density at radius 2 is 1.62 bits per heavy atom. The first-order valence-electron chi connectivity index (χ1n) is 6.47. The van der Waals surface area contributed by atoms with Crippen LogP contribution in [-0.2, 0) is 6.42 Å². The molecule has 0 radical (unpaired) electrons. The quantitative estimate of drug-likeness (QED) is 0.516. The summed E-state index contributed by atoms with van der Waals surface area (Å²) in [5, 5.41) is 1.20. The number of carbonyl (C=O) groups excluding carboxylic acids is 1. The molecule has 2 nitrogen and oxygen atoms in total. The SMILES string of the molecule is CCCc1cc(Cl)c(OC(=O)c2ccc(Cl)cc2)c(Cl)c1. The van der Waals surface area contributed by atoms with Crippen molar-refractivity contribution in [2.45, 2.75) is 19.8 Å². The lowest BCUT2D eigenvalue weighted by molar-refractivity contribution is 0.0735. The lowest BCUT2D eigenvalue weighted by atomic mass is 10.1. The Balaban J connectivity index is 2.23. The van der Waals surface area contributed by atoms with Crippen LogP contribution in [-0.4, -0.2) is 5.97 Å². The van der Waals surface area contributed by atoms with E-state index in [1.54, 1.807) is 36.4 Å². The molecule has 0 fully saturated rings. The number of aryl methyl sites for hydroxylation is 1. The van der Waals surface area contributed by atoms with E-state index in [2.05, 4.69) is 6.92 Å². The lowest BCUT2D eigenvalue weighted by Gasteiger charge is -2.10. The number of rotatable bonds is 4. The summed E-state index contributed by atoms with van der Waals surface area (Å²) >= 11 is 18.1. The van der Waals surface area contributed by atoms with Gasteiger partial charge in [-0.05, 0) is 48.4 Å². The summed E-state index contributed by atoms with van der Waals surface area (Å²) in [5.41, 5.74) is 1.39. The number of hydrogen-bond acceptors (Lipinski definition) is 2. The van der Waals surface area contributed by atoms with E-state index >= 15 is 0 Å². The first kappa shape index (κ1) is 16.2. The zero-order valence-electron chi connectivity index (χ0n) is 11.3. The first-order valence-corrected chi connectivity index (χ1v) is 7.60. The zero-order valence-corrected chi connectivity index (χ0v) is 13.6. The molecule has 0 aliphatic carbocycles. The molecular weight excluding hydrogens is 331 g/mol. The maximum absolute atomic E-state index is 12.1. The predicted molar refractivity (Wildman–Crippen MR) is 86.9 cm³/mol. The molecule has 0 saturated carbocycles. The van der Waals surface area contributed by atoms with Crippen molar-refractivity contribution in [2.75, 3.05) is 0 Å². The molecule has 0 spiro atoms. The van der Waals surface area contributed by atoms with Gasteiger partial charge in [0.05, 0.1) is 15.6 Å². The van der Waals surface area contributed by atoms with Gasteiger partial charge in [-0.15, -0.1) is 0 Å². The topological polar surface area (TPSA) is 26.3 Å². The number of hydrogen-bond donors (Lipinski definition) is 0. The van der Waals surface area contributed by atoms with Crippen LogP contribution in [0.15, 0.2) is 36.4 Å². The van der Waals surface area contributed by atoms with Crippen LogP contribution in [0.2, 0.25) is 15.1 Å². The van der Waals surface area contributed by atoms with Crippen LogP contribution in [0.1, 0.15) is 29.3 Å². The summed E-state index contributed by atoms with van der Waals surface area (Å²) < 4.78 is 5.29. The van der Waals surface area contributed by atoms with E-state index in [9.17, 15) is 4.79 Å². The Morgan fingerprint density at radius 3 is 2.14 bits per heavy atom. The molecule has 0 bridgehead atoms. The predicted octanol–water partition coefficient (Wildman–Crippen LogP) is 5.82. The summed E-state index contributed by atoms with van der Waals surface area (Å²) in [7, 11) is 0. The fourth-order valence-electron chi connectivity index (χ4n) is 1.88. The van der Waals surface area contributed by atoms with Crippen LogP contribution in [0.5, 0.6) is 5.75 Å². The van der Waals surface area contributed by atoms with Crippen molar-refractivity contribution in [2.24, 2.45) is 0 Å². The van der Waals surface area contributed by atoms with Crippen molar-refractivity contribution in [1.82, 2.24) is 0 Å². The molecule has 0 saturated heterocycles. The van der Waals surface area contributed by atoms with E-state index < -0.39 is 5.97 Å². The third-order valence-electron chi connectivity index (χ3n) is 2.87. The molecule has 0 heterocycles. The highest BCUT2D eigenvalue weighted by Crippen LogP contribution is 2.35. The molecule has 21 heavy (non-hydrogen) atoms. The largest absolute Gasteiger partial charge is 0.420 e. The second-order valence-electron chi connectivity index (χ2n) is 4.54. The monoisotopic (exact) mass is 342 g/mol. The van der Waals surface area contributed by atoms with Crippen molar-refractivity contribution in [3.8, 4) is 5.75 Å². The number of halogens is 3. The Hall–Kier alpha value is -1.22. The summed E-state index contributed by atoms with van der Waals surface area (Å²) in [4.78, 5) is 12.1. The lowest BCUT2D eigenvalue weighted by Crippen LogP contribution is -2.09. The van der Waals surface area contributed by atoms with Crippen molar-refractivity contribution in [3.05, 3.63) is 62.6 Å². The molecule has 0 aliphatic heterocycles. The molecule has 5 heteroatoms. The molecule has 0 aromatic heterocycles. The van der Waals surface area contributed by atoms with E-state index in [1.807, 2.05) is 0 Å². The minimum atomic E-state index is -0.529. The van der Waals surface area contributed by atoms with Gasteiger partial charge in [0.25, 0.3) is 0 Å². The van der Waals surface area contributed by atoms with E-state index in [1.165, 1.54) is 0 Å². The normalized spacial score (nSPS) is 10.5. The van der Waals surface area contributed by atoms with Crippen LogP contribution >= 0.6 is 34.8 Å². The van der Waals surface area contributed by atoms with Gasteiger partial charge in [-0.1, -0.05) is 48.1 Å². The number of benzene rings is 2. The highest BCUT2D eigenvalue weighted by molar-refractivity contribution is 6.37. The van der Waals surface area contributed by atoms with Gasteiger partial charge < -0.3 is 4.74 Å². The van der Waals surface area contributed by atoms with Crippen LogP contribution < -0.4 is 4.74 Å². The first-order chi connectivity index (χ1) is 10.0. The summed E-state index contributed by atoms with van der Waals surface area (Å²) in [6, 6.07) is 9.93. The average molecular weight is 344 g/mol. The van der Waals surface area contributed by atoms with Gasteiger partial charge in [-0.2, -0.15) is 0 Å². The number of esters is 1. The fraction of sp³-hybridized carbons (Fsp3) is 0.188. The van der Waals surface area contributed by atoms with Crippen molar-refractivity contribution < 1.29 is 9.53 Å². The highest BCUT2D eigenvalue weighted by Gasteiger charge is 2.15. The van der Waals surface area contributed by atoms with Crippen LogP contribution in [0.4, 0.5) is 0 Å². The van der Waals surface area contributed by atoms with Crippen molar-refractivity contribution in [1.29, 1.82) is 0 Å². The molecule has 0 unspecified atom stereocenters. The summed E-state index contributed by atoms with van der Waals surface area (Å²) in [5.74, 6) is -0.350. The molecule has 2 rings (SSSR count). The number of ether oxygens (including phenoxy) is 1. The van der Waals surface area contributed by atoms with Crippen molar-refractivity contribution >= 4 is 40.8 Å². The second kappa shape index (κ2) is 7.17. The third-order valence-corrected chi connectivity index (χ3v) is 3.68.